The van der Waals surface area contributed by atoms with Crippen LogP contribution in [-0.2, 0) is 13.6 Å². The maximum atomic E-state index is 4.05. The van der Waals surface area contributed by atoms with Crippen molar-refractivity contribution < 1.29 is 0 Å². The third kappa shape index (κ3) is 2.20. The first-order valence-electron chi connectivity index (χ1n) is 3.63. The van der Waals surface area contributed by atoms with Gasteiger partial charge in [-0.1, -0.05) is 6.08 Å². The van der Waals surface area contributed by atoms with Crippen LogP contribution < -0.4 is 5.32 Å². The first-order valence-corrected chi connectivity index (χ1v) is 3.63. The molecule has 1 aromatic heterocycles. The number of hydrogen-bond acceptors (Lipinski definition) is 2. The Hall–Kier alpha value is -1.09. The molecule has 0 radical (unpaired) electrons. The molecule has 0 aliphatic rings. The fourth-order valence-electron chi connectivity index (χ4n) is 0.877. The molecule has 0 aliphatic heterocycles. The fraction of sp³-hybridized carbons (Fsp3) is 0.375. The second kappa shape index (κ2) is 3.93. The van der Waals surface area contributed by atoms with Crippen molar-refractivity contribution in [3.8, 4) is 0 Å². The van der Waals surface area contributed by atoms with Crippen LogP contribution in [0.25, 0.3) is 0 Å². The maximum absolute atomic E-state index is 4.05. The standard InChI is InChI=1S/C8H13N3/c1-3-5-9-7-8-4-6-10-11(8)2/h3-4,6,9H,1,5,7H2,2H3. The summed E-state index contributed by atoms with van der Waals surface area (Å²) in [5.41, 5.74) is 1.19. The van der Waals surface area contributed by atoms with Crippen LogP contribution in [0.3, 0.4) is 0 Å². The van der Waals surface area contributed by atoms with E-state index in [1.54, 1.807) is 6.20 Å². The highest BCUT2D eigenvalue weighted by Crippen LogP contribution is 1.93. The molecule has 0 saturated carbocycles. The van der Waals surface area contributed by atoms with Crippen molar-refractivity contribution in [1.29, 1.82) is 0 Å². The van der Waals surface area contributed by atoms with E-state index in [4.69, 9.17) is 0 Å². The van der Waals surface area contributed by atoms with Gasteiger partial charge in [-0.05, 0) is 6.07 Å². The highest BCUT2D eigenvalue weighted by atomic mass is 15.3. The maximum Gasteiger partial charge on any atom is 0.0518 e. The molecule has 0 bridgehead atoms. The topological polar surface area (TPSA) is 29.9 Å². The SMILES string of the molecule is C=CCNCc1ccnn1C. The van der Waals surface area contributed by atoms with Crippen LogP contribution >= 0.6 is 0 Å². The Bertz CT molecular complexity index is 227. The van der Waals surface area contributed by atoms with E-state index in [0.29, 0.717) is 0 Å². The van der Waals surface area contributed by atoms with Crippen LogP contribution in [-0.4, -0.2) is 16.3 Å². The minimum Gasteiger partial charge on any atom is -0.308 e. The molecule has 0 aliphatic carbocycles. The van der Waals surface area contributed by atoms with E-state index in [2.05, 4.69) is 17.0 Å². The molecular formula is C8H13N3. The molecule has 1 N–H and O–H groups in total. The van der Waals surface area contributed by atoms with Gasteiger partial charge in [-0.2, -0.15) is 5.10 Å². The Morgan fingerprint density at radius 3 is 3.18 bits per heavy atom. The van der Waals surface area contributed by atoms with Gasteiger partial charge in [-0.3, -0.25) is 4.68 Å². The van der Waals surface area contributed by atoms with Gasteiger partial charge < -0.3 is 5.32 Å². The lowest BCUT2D eigenvalue weighted by Crippen LogP contribution is -2.15. The summed E-state index contributed by atoms with van der Waals surface area (Å²) in [6.45, 7) is 5.31. The van der Waals surface area contributed by atoms with Crippen molar-refractivity contribution in [2.45, 2.75) is 6.54 Å². The molecule has 0 spiro atoms. The monoisotopic (exact) mass is 151 g/mol. The molecule has 0 saturated heterocycles. The molecule has 0 atom stereocenters. The molecule has 3 heteroatoms. The minimum absolute atomic E-state index is 0.838. The zero-order chi connectivity index (χ0) is 8.10. The number of nitrogens with zero attached hydrogens (tertiary/aromatic N) is 2. The highest BCUT2D eigenvalue weighted by Gasteiger charge is 1.94. The normalized spacial score (nSPS) is 9.91. The molecule has 0 aromatic carbocycles. The molecule has 0 fully saturated rings. The lowest BCUT2D eigenvalue weighted by Gasteiger charge is -2.01. The minimum atomic E-state index is 0.838. The van der Waals surface area contributed by atoms with Crippen LogP contribution in [0, 0.1) is 0 Å². The van der Waals surface area contributed by atoms with E-state index in [0.717, 1.165) is 13.1 Å². The Morgan fingerprint density at radius 2 is 2.64 bits per heavy atom. The summed E-state index contributed by atoms with van der Waals surface area (Å²) in [5.74, 6) is 0. The van der Waals surface area contributed by atoms with E-state index in [9.17, 15) is 0 Å². The van der Waals surface area contributed by atoms with Gasteiger partial charge in [0.1, 0.15) is 0 Å². The van der Waals surface area contributed by atoms with Gasteiger partial charge in [0.15, 0.2) is 0 Å². The summed E-state index contributed by atoms with van der Waals surface area (Å²) in [6.07, 6.45) is 3.64. The molecule has 1 rings (SSSR count). The smallest absolute Gasteiger partial charge is 0.0518 e. The van der Waals surface area contributed by atoms with Gasteiger partial charge in [-0.15, -0.1) is 6.58 Å². The second-order valence-electron chi connectivity index (χ2n) is 2.37. The third-order valence-corrected chi connectivity index (χ3v) is 1.52. The molecule has 0 amide bonds. The largest absolute Gasteiger partial charge is 0.308 e. The zero-order valence-electron chi connectivity index (χ0n) is 6.75. The van der Waals surface area contributed by atoms with Crippen molar-refractivity contribution in [2.24, 2.45) is 7.05 Å². The van der Waals surface area contributed by atoms with Gasteiger partial charge in [0.2, 0.25) is 0 Å². The average Bonchev–Trinajstić information content (AvgIpc) is 2.37. The first kappa shape index (κ1) is 8.01. The predicted molar refractivity (Wildman–Crippen MR) is 45.1 cm³/mol. The summed E-state index contributed by atoms with van der Waals surface area (Å²) < 4.78 is 1.86. The van der Waals surface area contributed by atoms with Gasteiger partial charge in [0, 0.05) is 26.3 Å². The van der Waals surface area contributed by atoms with E-state index >= 15 is 0 Å². The molecule has 1 aromatic rings. The molecule has 60 valence electrons. The van der Waals surface area contributed by atoms with Crippen molar-refractivity contribution >= 4 is 0 Å². The lowest BCUT2D eigenvalue weighted by molar-refractivity contribution is 0.655. The number of hydrogen-bond donors (Lipinski definition) is 1. The van der Waals surface area contributed by atoms with Crippen LogP contribution in [0.1, 0.15) is 5.69 Å². The zero-order valence-corrected chi connectivity index (χ0v) is 6.75. The second-order valence-corrected chi connectivity index (χ2v) is 2.37. The highest BCUT2D eigenvalue weighted by molar-refractivity contribution is 4.99. The summed E-state index contributed by atoms with van der Waals surface area (Å²) in [4.78, 5) is 0. The molecule has 0 unspecified atom stereocenters. The van der Waals surface area contributed by atoms with Crippen molar-refractivity contribution in [2.75, 3.05) is 6.54 Å². The van der Waals surface area contributed by atoms with Crippen LogP contribution in [0.2, 0.25) is 0 Å². The number of aryl methyl sites for hydroxylation is 1. The quantitative estimate of drug-likeness (QED) is 0.507. The van der Waals surface area contributed by atoms with Crippen LogP contribution in [0.5, 0.6) is 0 Å². The lowest BCUT2D eigenvalue weighted by atomic mass is 10.4. The Kier molecular flexibility index (Phi) is 2.86. The summed E-state index contributed by atoms with van der Waals surface area (Å²) in [7, 11) is 1.94. The molecule has 1 heterocycles. The number of aromatic nitrogens is 2. The fourth-order valence-corrected chi connectivity index (χ4v) is 0.877. The predicted octanol–water partition coefficient (Wildman–Crippen LogP) is 0.696. The van der Waals surface area contributed by atoms with E-state index < -0.39 is 0 Å². The Labute approximate surface area is 66.7 Å². The van der Waals surface area contributed by atoms with Crippen LogP contribution in [0.4, 0.5) is 0 Å². The summed E-state index contributed by atoms with van der Waals surface area (Å²) >= 11 is 0. The van der Waals surface area contributed by atoms with E-state index in [1.165, 1.54) is 5.69 Å². The van der Waals surface area contributed by atoms with Gasteiger partial charge in [0.05, 0.1) is 5.69 Å². The Morgan fingerprint density at radius 1 is 1.82 bits per heavy atom. The Balaban J connectivity index is 2.38. The molecule has 3 nitrogen and oxygen atoms in total. The summed E-state index contributed by atoms with van der Waals surface area (Å²) in [6, 6.07) is 2.00. The summed E-state index contributed by atoms with van der Waals surface area (Å²) in [5, 5.41) is 7.25. The van der Waals surface area contributed by atoms with Crippen molar-refractivity contribution in [1.82, 2.24) is 15.1 Å². The van der Waals surface area contributed by atoms with E-state index in [-0.39, 0.29) is 0 Å². The average molecular weight is 151 g/mol. The van der Waals surface area contributed by atoms with Crippen molar-refractivity contribution in [3.63, 3.8) is 0 Å². The van der Waals surface area contributed by atoms with E-state index in [1.807, 2.05) is 23.9 Å². The van der Waals surface area contributed by atoms with Gasteiger partial charge in [-0.25, -0.2) is 0 Å². The number of nitrogens with one attached hydrogen (secondary N) is 1. The third-order valence-electron chi connectivity index (χ3n) is 1.52. The molecular weight excluding hydrogens is 138 g/mol. The van der Waals surface area contributed by atoms with Gasteiger partial charge in [0.25, 0.3) is 0 Å². The first-order chi connectivity index (χ1) is 5.34. The van der Waals surface area contributed by atoms with Crippen LogP contribution in [0.15, 0.2) is 24.9 Å². The van der Waals surface area contributed by atoms with Gasteiger partial charge >= 0.3 is 0 Å². The molecule has 11 heavy (non-hydrogen) atoms. The number of rotatable bonds is 4. The van der Waals surface area contributed by atoms with Crippen molar-refractivity contribution in [3.05, 3.63) is 30.6 Å².